The summed E-state index contributed by atoms with van der Waals surface area (Å²) < 4.78 is 33.5. The van der Waals surface area contributed by atoms with Crippen LogP contribution in [0.25, 0.3) is 6.08 Å². The Morgan fingerprint density at radius 3 is 2.21 bits per heavy atom. The third-order valence-corrected chi connectivity index (χ3v) is 4.53. The van der Waals surface area contributed by atoms with Crippen LogP contribution in [0.5, 0.6) is 11.5 Å². The molecule has 0 N–H and O–H groups in total. The number of benzene rings is 2. The van der Waals surface area contributed by atoms with Gasteiger partial charge in [-0.2, -0.15) is 0 Å². The molecular formula is C18H18O5S. The summed E-state index contributed by atoms with van der Waals surface area (Å²) in [5.41, 5.74) is 1.20. The molecular weight excluding hydrogens is 328 g/mol. The van der Waals surface area contributed by atoms with Crippen molar-refractivity contribution >= 4 is 21.7 Å². The zero-order chi connectivity index (χ0) is 17.7. The van der Waals surface area contributed by atoms with Crippen LogP contribution in [-0.2, 0) is 9.84 Å². The Labute approximate surface area is 141 Å². The second kappa shape index (κ2) is 7.31. The number of carbonyl (C=O) groups excluding carboxylic acids is 1. The number of rotatable bonds is 6. The van der Waals surface area contributed by atoms with Gasteiger partial charge in [-0.25, -0.2) is 8.42 Å². The van der Waals surface area contributed by atoms with Gasteiger partial charge in [-0.05, 0) is 42.0 Å². The molecule has 0 saturated heterocycles. The van der Waals surface area contributed by atoms with E-state index < -0.39 is 9.84 Å². The van der Waals surface area contributed by atoms with E-state index in [-0.39, 0.29) is 16.4 Å². The fourth-order valence-electron chi connectivity index (χ4n) is 2.11. The van der Waals surface area contributed by atoms with Crippen molar-refractivity contribution < 1.29 is 22.7 Å². The lowest BCUT2D eigenvalue weighted by Crippen LogP contribution is -2.03. The summed E-state index contributed by atoms with van der Waals surface area (Å²) in [5, 5.41) is 0. The lowest BCUT2D eigenvalue weighted by Gasteiger charge is -2.08. The molecule has 2 rings (SSSR count). The summed E-state index contributed by atoms with van der Waals surface area (Å²) in [6, 6.07) is 11.5. The number of hydrogen-bond acceptors (Lipinski definition) is 5. The smallest absolute Gasteiger partial charge is 0.185 e. The molecule has 0 atom stereocenters. The number of methoxy groups -OCH3 is 2. The summed E-state index contributed by atoms with van der Waals surface area (Å²) >= 11 is 0. The van der Waals surface area contributed by atoms with E-state index in [2.05, 4.69) is 0 Å². The summed E-state index contributed by atoms with van der Waals surface area (Å²) in [7, 11) is -0.464. The molecule has 0 aliphatic carbocycles. The quantitative estimate of drug-likeness (QED) is 0.594. The van der Waals surface area contributed by atoms with Crippen LogP contribution in [0.15, 0.2) is 53.4 Å². The first-order chi connectivity index (χ1) is 11.3. The van der Waals surface area contributed by atoms with E-state index in [1.165, 1.54) is 31.4 Å². The van der Waals surface area contributed by atoms with Gasteiger partial charge in [-0.3, -0.25) is 4.79 Å². The highest BCUT2D eigenvalue weighted by Gasteiger charge is 2.16. The molecule has 0 aliphatic rings. The van der Waals surface area contributed by atoms with Crippen LogP contribution in [0.2, 0.25) is 0 Å². The Morgan fingerprint density at radius 2 is 1.67 bits per heavy atom. The van der Waals surface area contributed by atoms with Gasteiger partial charge in [0.1, 0.15) is 16.4 Å². The van der Waals surface area contributed by atoms with Crippen molar-refractivity contribution in [1.82, 2.24) is 0 Å². The van der Waals surface area contributed by atoms with E-state index in [0.29, 0.717) is 5.56 Å². The topological polar surface area (TPSA) is 69.7 Å². The van der Waals surface area contributed by atoms with Crippen molar-refractivity contribution in [2.75, 3.05) is 20.5 Å². The van der Waals surface area contributed by atoms with Crippen LogP contribution < -0.4 is 9.47 Å². The Bertz CT molecular complexity index is 865. The van der Waals surface area contributed by atoms with Gasteiger partial charge in [-0.1, -0.05) is 18.2 Å². The van der Waals surface area contributed by atoms with Crippen molar-refractivity contribution in [3.63, 3.8) is 0 Å². The molecule has 24 heavy (non-hydrogen) atoms. The van der Waals surface area contributed by atoms with Crippen LogP contribution in [0.1, 0.15) is 15.9 Å². The third-order valence-electron chi connectivity index (χ3n) is 3.39. The van der Waals surface area contributed by atoms with Crippen molar-refractivity contribution in [1.29, 1.82) is 0 Å². The van der Waals surface area contributed by atoms with Crippen molar-refractivity contribution in [3.8, 4) is 11.5 Å². The Kier molecular flexibility index (Phi) is 5.41. The van der Waals surface area contributed by atoms with Crippen molar-refractivity contribution in [3.05, 3.63) is 59.7 Å². The first kappa shape index (κ1) is 17.7. The van der Waals surface area contributed by atoms with Crippen LogP contribution in [-0.4, -0.2) is 34.7 Å². The molecule has 0 aliphatic heterocycles. The van der Waals surface area contributed by atoms with Crippen molar-refractivity contribution in [2.24, 2.45) is 0 Å². The Hall–Kier alpha value is -2.60. The number of carbonyl (C=O) groups is 1. The zero-order valence-corrected chi connectivity index (χ0v) is 14.5. The summed E-state index contributed by atoms with van der Waals surface area (Å²) in [5.74, 6) is 0.643. The number of ether oxygens (including phenoxy) is 2. The highest BCUT2D eigenvalue weighted by molar-refractivity contribution is 7.90. The molecule has 5 nitrogen and oxygen atoms in total. The predicted molar refractivity (Wildman–Crippen MR) is 92.5 cm³/mol. The van der Waals surface area contributed by atoms with Crippen molar-refractivity contribution in [2.45, 2.75) is 4.90 Å². The number of ketones is 1. The first-order valence-electron chi connectivity index (χ1n) is 7.09. The van der Waals surface area contributed by atoms with E-state index in [0.717, 1.165) is 17.6 Å². The molecule has 0 aromatic heterocycles. The molecule has 0 amide bonds. The standard InChI is InChI=1S/C18H18O5S/c1-22-15-8-4-13(5-9-15)6-10-16(19)14-7-11-18(24(3,20)21)17(12-14)23-2/h4-12H,1-3H3/b10-6+. The lowest BCUT2D eigenvalue weighted by molar-refractivity contribution is 0.104. The molecule has 0 heterocycles. The van der Waals surface area contributed by atoms with E-state index in [9.17, 15) is 13.2 Å². The molecule has 0 saturated carbocycles. The van der Waals surface area contributed by atoms with E-state index in [1.807, 2.05) is 12.1 Å². The molecule has 0 unspecified atom stereocenters. The van der Waals surface area contributed by atoms with E-state index in [4.69, 9.17) is 9.47 Å². The van der Waals surface area contributed by atoms with Gasteiger partial charge in [0.15, 0.2) is 15.6 Å². The highest BCUT2D eigenvalue weighted by Crippen LogP contribution is 2.25. The normalized spacial score (nSPS) is 11.5. The largest absolute Gasteiger partial charge is 0.497 e. The number of sulfone groups is 1. The fourth-order valence-corrected chi connectivity index (χ4v) is 2.93. The summed E-state index contributed by atoms with van der Waals surface area (Å²) in [6.07, 6.45) is 4.20. The zero-order valence-electron chi connectivity index (χ0n) is 13.6. The minimum atomic E-state index is -3.42. The average Bonchev–Trinajstić information content (AvgIpc) is 2.58. The Balaban J connectivity index is 2.24. The van der Waals surface area contributed by atoms with Gasteiger partial charge >= 0.3 is 0 Å². The second-order valence-corrected chi connectivity index (χ2v) is 7.09. The average molecular weight is 346 g/mol. The molecule has 0 bridgehead atoms. The minimum Gasteiger partial charge on any atom is -0.497 e. The van der Waals surface area contributed by atoms with Crippen LogP contribution in [0.3, 0.4) is 0 Å². The molecule has 0 radical (unpaired) electrons. The van der Waals surface area contributed by atoms with Gasteiger partial charge in [0.2, 0.25) is 0 Å². The van der Waals surface area contributed by atoms with Crippen LogP contribution in [0, 0.1) is 0 Å². The predicted octanol–water partition coefficient (Wildman–Crippen LogP) is 3.00. The first-order valence-corrected chi connectivity index (χ1v) is 8.99. The van der Waals surface area contributed by atoms with Gasteiger partial charge in [0, 0.05) is 11.8 Å². The minimum absolute atomic E-state index is 0.0562. The molecule has 0 spiro atoms. The number of allylic oxidation sites excluding steroid dienone is 1. The van der Waals surface area contributed by atoms with Gasteiger partial charge in [-0.15, -0.1) is 0 Å². The molecule has 126 valence electrons. The van der Waals surface area contributed by atoms with Gasteiger partial charge in [0.25, 0.3) is 0 Å². The highest BCUT2D eigenvalue weighted by atomic mass is 32.2. The van der Waals surface area contributed by atoms with Crippen LogP contribution >= 0.6 is 0 Å². The fraction of sp³-hybridized carbons (Fsp3) is 0.167. The molecule has 2 aromatic carbocycles. The maximum Gasteiger partial charge on any atom is 0.185 e. The lowest BCUT2D eigenvalue weighted by atomic mass is 10.1. The second-order valence-electron chi connectivity index (χ2n) is 5.11. The molecule has 0 fully saturated rings. The van der Waals surface area contributed by atoms with E-state index >= 15 is 0 Å². The van der Waals surface area contributed by atoms with Gasteiger partial charge < -0.3 is 9.47 Å². The van der Waals surface area contributed by atoms with Crippen LogP contribution in [0.4, 0.5) is 0 Å². The number of hydrogen-bond donors (Lipinski definition) is 0. The van der Waals surface area contributed by atoms with Gasteiger partial charge in [0.05, 0.1) is 14.2 Å². The maximum atomic E-state index is 12.3. The van der Waals surface area contributed by atoms with E-state index in [1.54, 1.807) is 25.3 Å². The summed E-state index contributed by atoms with van der Waals surface area (Å²) in [6.45, 7) is 0. The summed E-state index contributed by atoms with van der Waals surface area (Å²) in [4.78, 5) is 12.3. The third kappa shape index (κ3) is 4.23. The monoisotopic (exact) mass is 346 g/mol. The SMILES string of the molecule is COc1ccc(/C=C/C(=O)c2ccc(S(C)(=O)=O)c(OC)c2)cc1. The molecule has 2 aromatic rings. The Morgan fingerprint density at radius 1 is 1.00 bits per heavy atom. The molecule has 6 heteroatoms. The maximum absolute atomic E-state index is 12.3.